The second-order valence-electron chi connectivity index (χ2n) is 4.39. The number of nitrogens with one attached hydrogen (secondary N) is 1. The Hall–Kier alpha value is -0.900. The SMILES string of the molecule is Cc1[nH]ncc1CN1CC[C@](C)(F)C1. The summed E-state index contributed by atoms with van der Waals surface area (Å²) in [4.78, 5) is 2.14. The topological polar surface area (TPSA) is 31.9 Å². The van der Waals surface area contributed by atoms with Gasteiger partial charge in [0.15, 0.2) is 0 Å². The van der Waals surface area contributed by atoms with E-state index >= 15 is 0 Å². The lowest BCUT2D eigenvalue weighted by Crippen LogP contribution is -2.25. The summed E-state index contributed by atoms with van der Waals surface area (Å²) in [6.45, 7) is 5.86. The van der Waals surface area contributed by atoms with Crippen LogP contribution in [0.15, 0.2) is 6.20 Å². The fourth-order valence-electron chi connectivity index (χ4n) is 1.93. The monoisotopic (exact) mass is 197 g/mol. The van der Waals surface area contributed by atoms with Gasteiger partial charge in [0.05, 0.1) is 6.20 Å². The van der Waals surface area contributed by atoms with Gasteiger partial charge in [-0.3, -0.25) is 10.00 Å². The first-order valence-electron chi connectivity index (χ1n) is 4.97. The number of hydrogen-bond donors (Lipinski definition) is 1. The van der Waals surface area contributed by atoms with Crippen LogP contribution in [0.1, 0.15) is 24.6 Å². The van der Waals surface area contributed by atoms with E-state index in [4.69, 9.17) is 0 Å². The highest BCUT2D eigenvalue weighted by atomic mass is 19.1. The molecule has 1 atom stereocenters. The van der Waals surface area contributed by atoms with Crippen molar-refractivity contribution in [3.05, 3.63) is 17.5 Å². The molecule has 0 saturated carbocycles. The van der Waals surface area contributed by atoms with Crippen molar-refractivity contribution >= 4 is 0 Å². The van der Waals surface area contributed by atoms with Gasteiger partial charge in [0, 0.05) is 30.9 Å². The van der Waals surface area contributed by atoms with Crippen LogP contribution in [0.3, 0.4) is 0 Å². The summed E-state index contributed by atoms with van der Waals surface area (Å²) in [7, 11) is 0. The Balaban J connectivity index is 1.97. The van der Waals surface area contributed by atoms with Gasteiger partial charge in [-0.25, -0.2) is 4.39 Å². The van der Waals surface area contributed by atoms with Crippen molar-refractivity contribution in [3.63, 3.8) is 0 Å². The average molecular weight is 197 g/mol. The maximum Gasteiger partial charge on any atom is 0.122 e. The van der Waals surface area contributed by atoms with Crippen molar-refractivity contribution in [1.82, 2.24) is 15.1 Å². The van der Waals surface area contributed by atoms with Crippen LogP contribution >= 0.6 is 0 Å². The van der Waals surface area contributed by atoms with Gasteiger partial charge in [0.2, 0.25) is 0 Å². The summed E-state index contributed by atoms with van der Waals surface area (Å²) in [5.41, 5.74) is 1.25. The smallest absolute Gasteiger partial charge is 0.122 e. The van der Waals surface area contributed by atoms with Crippen molar-refractivity contribution in [2.45, 2.75) is 32.5 Å². The zero-order chi connectivity index (χ0) is 10.2. The first kappa shape index (κ1) is 9.65. The molecule has 0 radical (unpaired) electrons. The summed E-state index contributed by atoms with van der Waals surface area (Å²) in [6, 6.07) is 0. The number of halogens is 1. The average Bonchev–Trinajstić information content (AvgIpc) is 2.61. The fraction of sp³-hybridized carbons (Fsp3) is 0.700. The zero-order valence-corrected chi connectivity index (χ0v) is 8.68. The van der Waals surface area contributed by atoms with E-state index in [0.29, 0.717) is 13.0 Å². The molecule has 1 aliphatic rings. The minimum atomic E-state index is -1.00. The Morgan fingerprint density at radius 1 is 1.71 bits per heavy atom. The molecule has 0 bridgehead atoms. The quantitative estimate of drug-likeness (QED) is 0.781. The lowest BCUT2D eigenvalue weighted by molar-refractivity contribution is 0.186. The molecular formula is C10H16FN3. The molecule has 1 aromatic rings. The maximum atomic E-state index is 13.5. The molecule has 0 spiro atoms. The normalized spacial score (nSPS) is 28.5. The third kappa shape index (κ3) is 1.95. The molecule has 78 valence electrons. The molecule has 1 fully saturated rings. The van der Waals surface area contributed by atoms with Crippen LogP contribution < -0.4 is 0 Å². The van der Waals surface area contributed by atoms with Crippen LogP contribution in [0.2, 0.25) is 0 Å². The van der Waals surface area contributed by atoms with E-state index in [1.165, 1.54) is 5.56 Å². The van der Waals surface area contributed by atoms with Gasteiger partial charge in [-0.05, 0) is 20.3 Å². The molecule has 4 heteroatoms. The van der Waals surface area contributed by atoms with E-state index < -0.39 is 5.67 Å². The minimum absolute atomic E-state index is 0.539. The van der Waals surface area contributed by atoms with Crippen molar-refractivity contribution < 1.29 is 4.39 Å². The Morgan fingerprint density at radius 2 is 2.50 bits per heavy atom. The van der Waals surface area contributed by atoms with Crippen LogP contribution in [-0.2, 0) is 6.54 Å². The molecule has 1 aromatic heterocycles. The Morgan fingerprint density at radius 3 is 3.00 bits per heavy atom. The van der Waals surface area contributed by atoms with E-state index in [1.54, 1.807) is 6.92 Å². The highest BCUT2D eigenvalue weighted by Crippen LogP contribution is 2.26. The number of aromatic amines is 1. The first-order chi connectivity index (χ1) is 6.57. The Labute approximate surface area is 83.3 Å². The largest absolute Gasteiger partial charge is 0.296 e. The molecule has 3 nitrogen and oxygen atoms in total. The summed E-state index contributed by atoms with van der Waals surface area (Å²) >= 11 is 0. The highest BCUT2D eigenvalue weighted by Gasteiger charge is 2.33. The predicted octanol–water partition coefficient (Wildman–Crippen LogP) is 1.65. The van der Waals surface area contributed by atoms with E-state index in [9.17, 15) is 4.39 Å². The zero-order valence-electron chi connectivity index (χ0n) is 8.68. The lowest BCUT2D eigenvalue weighted by atomic mass is 10.1. The van der Waals surface area contributed by atoms with E-state index in [0.717, 1.165) is 18.8 Å². The second kappa shape index (κ2) is 3.35. The number of rotatable bonds is 2. The number of alkyl halides is 1. The van der Waals surface area contributed by atoms with Gasteiger partial charge in [-0.2, -0.15) is 5.10 Å². The molecule has 0 amide bonds. The summed E-state index contributed by atoms with van der Waals surface area (Å²) in [5.74, 6) is 0. The summed E-state index contributed by atoms with van der Waals surface area (Å²) in [6.07, 6.45) is 2.47. The van der Waals surface area contributed by atoms with Gasteiger partial charge in [0.25, 0.3) is 0 Å². The lowest BCUT2D eigenvalue weighted by Gasteiger charge is -2.16. The molecule has 14 heavy (non-hydrogen) atoms. The number of aryl methyl sites for hydroxylation is 1. The van der Waals surface area contributed by atoms with Crippen LogP contribution in [0.25, 0.3) is 0 Å². The van der Waals surface area contributed by atoms with Crippen molar-refractivity contribution in [3.8, 4) is 0 Å². The fourth-order valence-corrected chi connectivity index (χ4v) is 1.93. The molecule has 1 saturated heterocycles. The van der Waals surface area contributed by atoms with Crippen molar-refractivity contribution in [1.29, 1.82) is 0 Å². The molecule has 0 aromatic carbocycles. The first-order valence-corrected chi connectivity index (χ1v) is 4.97. The van der Waals surface area contributed by atoms with Crippen LogP contribution in [0.5, 0.6) is 0 Å². The number of hydrogen-bond acceptors (Lipinski definition) is 2. The maximum absolute atomic E-state index is 13.5. The number of H-pyrrole nitrogens is 1. The van der Waals surface area contributed by atoms with E-state index in [2.05, 4.69) is 15.1 Å². The second-order valence-corrected chi connectivity index (χ2v) is 4.39. The third-order valence-corrected chi connectivity index (χ3v) is 2.83. The number of likely N-dealkylation sites (tertiary alicyclic amines) is 1. The van der Waals surface area contributed by atoms with Gasteiger partial charge < -0.3 is 0 Å². The Bertz CT molecular complexity index is 319. The highest BCUT2D eigenvalue weighted by molar-refractivity contribution is 5.14. The third-order valence-electron chi connectivity index (χ3n) is 2.83. The number of nitrogens with zero attached hydrogens (tertiary/aromatic N) is 2. The predicted molar refractivity (Wildman–Crippen MR) is 52.7 cm³/mol. The molecular weight excluding hydrogens is 181 g/mol. The molecule has 0 aliphatic carbocycles. The minimum Gasteiger partial charge on any atom is -0.296 e. The molecule has 1 aliphatic heterocycles. The van der Waals surface area contributed by atoms with Crippen LogP contribution in [0, 0.1) is 6.92 Å². The van der Waals surface area contributed by atoms with E-state index in [1.807, 2.05) is 13.1 Å². The van der Waals surface area contributed by atoms with Gasteiger partial charge in [-0.15, -0.1) is 0 Å². The van der Waals surface area contributed by atoms with Crippen molar-refractivity contribution in [2.75, 3.05) is 13.1 Å². The van der Waals surface area contributed by atoms with Crippen LogP contribution in [0.4, 0.5) is 4.39 Å². The standard InChI is InChI=1S/C10H16FN3/c1-8-9(5-12-13-8)6-14-4-3-10(2,11)7-14/h5H,3-4,6-7H2,1-2H3,(H,12,13)/t10-/m0/s1. The Kier molecular flexibility index (Phi) is 2.31. The molecule has 2 rings (SSSR count). The molecule has 1 N–H and O–H groups in total. The summed E-state index contributed by atoms with van der Waals surface area (Å²) < 4.78 is 13.5. The van der Waals surface area contributed by atoms with Gasteiger partial charge in [0.1, 0.15) is 5.67 Å². The van der Waals surface area contributed by atoms with E-state index in [-0.39, 0.29) is 0 Å². The van der Waals surface area contributed by atoms with Crippen LogP contribution in [-0.4, -0.2) is 33.9 Å². The number of aromatic nitrogens is 2. The molecule has 0 unspecified atom stereocenters. The van der Waals surface area contributed by atoms with Gasteiger partial charge in [-0.1, -0.05) is 0 Å². The van der Waals surface area contributed by atoms with Gasteiger partial charge >= 0.3 is 0 Å². The van der Waals surface area contributed by atoms with Crippen molar-refractivity contribution in [2.24, 2.45) is 0 Å². The molecule has 2 heterocycles. The summed E-state index contributed by atoms with van der Waals surface area (Å²) in [5, 5.41) is 6.85.